The number of rotatable bonds is 10. The fraction of sp³-hybridized carbons (Fsp3) is 0.200. The maximum atomic E-state index is 13.5. The lowest BCUT2D eigenvalue weighted by Gasteiger charge is -2.25. The molecular formula is C25H27N3O6S. The molecule has 9 nitrogen and oxygen atoms in total. The van der Waals surface area contributed by atoms with Crippen LogP contribution in [0.5, 0.6) is 17.2 Å². The maximum Gasteiger partial charge on any atom is 0.264 e. The Morgan fingerprint density at radius 1 is 0.914 bits per heavy atom. The largest absolute Gasteiger partial charge is 0.495 e. The van der Waals surface area contributed by atoms with E-state index in [-0.39, 0.29) is 10.6 Å². The molecule has 0 saturated carbocycles. The Balaban J connectivity index is 1.86. The van der Waals surface area contributed by atoms with E-state index in [0.29, 0.717) is 22.8 Å². The summed E-state index contributed by atoms with van der Waals surface area (Å²) in [5.74, 6) is 0.741. The number of hydrogen-bond donors (Lipinski definition) is 1. The lowest BCUT2D eigenvalue weighted by atomic mass is 10.2. The van der Waals surface area contributed by atoms with Crippen molar-refractivity contribution in [1.29, 1.82) is 0 Å². The van der Waals surface area contributed by atoms with E-state index in [1.54, 1.807) is 54.6 Å². The Morgan fingerprint density at radius 3 is 2.23 bits per heavy atom. The summed E-state index contributed by atoms with van der Waals surface area (Å²) in [5, 5.41) is 3.95. The first-order chi connectivity index (χ1) is 16.8. The highest BCUT2D eigenvalue weighted by atomic mass is 32.2. The summed E-state index contributed by atoms with van der Waals surface area (Å²) in [6.45, 7) is 1.35. The number of carbonyl (C=O) groups is 1. The van der Waals surface area contributed by atoms with Gasteiger partial charge < -0.3 is 14.2 Å². The molecule has 0 unspecified atom stereocenters. The van der Waals surface area contributed by atoms with Crippen LogP contribution in [-0.2, 0) is 14.8 Å². The summed E-state index contributed by atoms with van der Waals surface area (Å²) in [5.41, 5.74) is 4.17. The highest BCUT2D eigenvalue weighted by molar-refractivity contribution is 7.92. The smallest absolute Gasteiger partial charge is 0.264 e. The number of aryl methyl sites for hydroxylation is 1. The lowest BCUT2D eigenvalue weighted by molar-refractivity contribution is -0.119. The number of sulfonamides is 1. The Labute approximate surface area is 205 Å². The van der Waals surface area contributed by atoms with Gasteiger partial charge in [-0.05, 0) is 55.0 Å². The van der Waals surface area contributed by atoms with E-state index in [1.807, 2.05) is 6.92 Å². The number of hydrogen-bond acceptors (Lipinski definition) is 7. The molecule has 35 heavy (non-hydrogen) atoms. The van der Waals surface area contributed by atoms with Crippen molar-refractivity contribution >= 4 is 27.8 Å². The van der Waals surface area contributed by atoms with E-state index < -0.39 is 22.5 Å². The molecule has 10 heteroatoms. The summed E-state index contributed by atoms with van der Waals surface area (Å²) in [6, 6.07) is 18.1. The molecule has 184 valence electrons. The minimum Gasteiger partial charge on any atom is -0.495 e. The van der Waals surface area contributed by atoms with Crippen LogP contribution >= 0.6 is 0 Å². The number of nitrogens with zero attached hydrogens (tertiary/aromatic N) is 2. The zero-order chi connectivity index (χ0) is 25.4. The summed E-state index contributed by atoms with van der Waals surface area (Å²) in [6.07, 6.45) is 1.42. The lowest BCUT2D eigenvalue weighted by Crippen LogP contribution is -2.39. The third-order valence-electron chi connectivity index (χ3n) is 5.06. The Hall–Kier alpha value is -4.05. The first-order valence-corrected chi connectivity index (χ1v) is 12.0. The van der Waals surface area contributed by atoms with E-state index in [1.165, 1.54) is 39.7 Å². The normalized spacial score (nSPS) is 11.2. The van der Waals surface area contributed by atoms with Crippen molar-refractivity contribution in [3.63, 3.8) is 0 Å². The van der Waals surface area contributed by atoms with E-state index >= 15 is 0 Å². The van der Waals surface area contributed by atoms with Crippen molar-refractivity contribution in [2.45, 2.75) is 11.8 Å². The van der Waals surface area contributed by atoms with Crippen molar-refractivity contribution in [2.75, 3.05) is 32.2 Å². The van der Waals surface area contributed by atoms with Gasteiger partial charge in [0.25, 0.3) is 15.9 Å². The SMILES string of the molecule is COc1ccc(/C=N\NC(=O)CN(c2ccccc2OC)S(=O)(=O)c2ccc(C)cc2)cc1OC. The van der Waals surface area contributed by atoms with Crippen LogP contribution in [0.4, 0.5) is 5.69 Å². The molecule has 1 amide bonds. The summed E-state index contributed by atoms with van der Waals surface area (Å²) >= 11 is 0. The number of hydrazone groups is 1. The van der Waals surface area contributed by atoms with E-state index in [4.69, 9.17) is 14.2 Å². The highest BCUT2D eigenvalue weighted by Crippen LogP contribution is 2.32. The van der Waals surface area contributed by atoms with Gasteiger partial charge in [-0.15, -0.1) is 0 Å². The van der Waals surface area contributed by atoms with Crippen LogP contribution in [-0.4, -0.2) is 48.4 Å². The molecule has 0 saturated heterocycles. The van der Waals surface area contributed by atoms with Gasteiger partial charge in [-0.25, -0.2) is 13.8 Å². The van der Waals surface area contributed by atoms with Gasteiger partial charge in [0, 0.05) is 0 Å². The van der Waals surface area contributed by atoms with Gasteiger partial charge in [-0.1, -0.05) is 29.8 Å². The number of anilines is 1. The van der Waals surface area contributed by atoms with Crippen molar-refractivity contribution in [2.24, 2.45) is 5.10 Å². The molecule has 0 spiro atoms. The van der Waals surface area contributed by atoms with Crippen LogP contribution in [0.1, 0.15) is 11.1 Å². The number of ether oxygens (including phenoxy) is 3. The Morgan fingerprint density at radius 2 is 1.57 bits per heavy atom. The number of nitrogens with one attached hydrogen (secondary N) is 1. The van der Waals surface area contributed by atoms with E-state index in [9.17, 15) is 13.2 Å². The number of amides is 1. The molecule has 3 aromatic rings. The maximum absolute atomic E-state index is 13.5. The number of para-hydroxylation sites is 2. The zero-order valence-corrected chi connectivity index (χ0v) is 20.7. The molecule has 3 rings (SSSR count). The molecule has 0 aliphatic heterocycles. The van der Waals surface area contributed by atoms with Crippen molar-refractivity contribution in [3.05, 3.63) is 77.9 Å². The van der Waals surface area contributed by atoms with Crippen molar-refractivity contribution < 1.29 is 27.4 Å². The second-order valence-corrected chi connectivity index (χ2v) is 9.27. The van der Waals surface area contributed by atoms with Crippen LogP contribution in [0.3, 0.4) is 0 Å². The van der Waals surface area contributed by atoms with Crippen molar-refractivity contribution in [3.8, 4) is 17.2 Å². The van der Waals surface area contributed by atoms with Crippen LogP contribution in [0.25, 0.3) is 0 Å². The molecule has 0 aliphatic rings. The first-order valence-electron chi connectivity index (χ1n) is 10.6. The van der Waals surface area contributed by atoms with Gasteiger partial charge in [0.05, 0.1) is 38.1 Å². The summed E-state index contributed by atoms with van der Waals surface area (Å²) < 4.78 is 43.8. The van der Waals surface area contributed by atoms with Gasteiger partial charge >= 0.3 is 0 Å². The van der Waals surface area contributed by atoms with E-state index in [2.05, 4.69) is 10.5 Å². The number of carbonyl (C=O) groups excluding carboxylic acids is 1. The monoisotopic (exact) mass is 497 g/mol. The predicted octanol–water partition coefficient (Wildman–Crippen LogP) is 3.37. The molecule has 0 bridgehead atoms. The fourth-order valence-corrected chi connectivity index (χ4v) is 4.68. The van der Waals surface area contributed by atoms with Gasteiger partial charge in [0.2, 0.25) is 0 Å². The molecule has 0 heterocycles. The second kappa shape index (κ2) is 11.4. The third kappa shape index (κ3) is 6.10. The van der Waals surface area contributed by atoms with Gasteiger partial charge in [0.15, 0.2) is 11.5 Å². The molecular weight excluding hydrogens is 470 g/mol. The quantitative estimate of drug-likeness (QED) is 0.340. The molecule has 3 aromatic carbocycles. The first kappa shape index (κ1) is 25.6. The average Bonchev–Trinajstić information content (AvgIpc) is 2.87. The van der Waals surface area contributed by atoms with Gasteiger partial charge in [0.1, 0.15) is 12.3 Å². The highest BCUT2D eigenvalue weighted by Gasteiger charge is 2.29. The summed E-state index contributed by atoms with van der Waals surface area (Å²) in [4.78, 5) is 12.8. The molecule has 1 N–H and O–H groups in total. The van der Waals surface area contributed by atoms with Crippen LogP contribution in [0, 0.1) is 6.92 Å². The minimum absolute atomic E-state index is 0.0515. The Bertz CT molecular complexity index is 1310. The molecule has 0 radical (unpaired) electrons. The van der Waals surface area contributed by atoms with E-state index in [0.717, 1.165) is 9.87 Å². The molecule has 0 fully saturated rings. The number of methoxy groups -OCH3 is 3. The van der Waals surface area contributed by atoms with Crippen LogP contribution in [0.2, 0.25) is 0 Å². The van der Waals surface area contributed by atoms with Gasteiger partial charge in [-0.3, -0.25) is 9.10 Å². The second-order valence-electron chi connectivity index (χ2n) is 7.40. The van der Waals surface area contributed by atoms with Crippen LogP contribution in [0.15, 0.2) is 76.7 Å². The summed E-state index contributed by atoms with van der Waals surface area (Å²) in [7, 11) is 0.398. The third-order valence-corrected chi connectivity index (χ3v) is 6.83. The van der Waals surface area contributed by atoms with Gasteiger partial charge in [-0.2, -0.15) is 5.10 Å². The Kier molecular flexibility index (Phi) is 8.32. The average molecular weight is 498 g/mol. The number of benzene rings is 3. The molecule has 0 aromatic heterocycles. The fourth-order valence-electron chi connectivity index (χ4n) is 3.25. The standard InChI is InChI=1S/C25H27N3O6S/c1-18-9-12-20(13-10-18)35(30,31)28(21-7-5-6-8-22(21)32-2)17-25(29)27-26-16-19-11-14-23(33-3)24(15-19)34-4/h5-16H,17H2,1-4H3,(H,27,29)/b26-16-. The van der Waals surface area contributed by atoms with Crippen LogP contribution < -0.4 is 23.9 Å². The molecule has 0 aliphatic carbocycles. The zero-order valence-electron chi connectivity index (χ0n) is 19.9. The predicted molar refractivity (Wildman–Crippen MR) is 134 cm³/mol. The topological polar surface area (TPSA) is 107 Å². The minimum atomic E-state index is -4.08. The molecule has 0 atom stereocenters. The van der Waals surface area contributed by atoms with Crippen molar-refractivity contribution in [1.82, 2.24) is 5.43 Å².